The fourth-order valence-electron chi connectivity index (χ4n) is 3.18. The summed E-state index contributed by atoms with van der Waals surface area (Å²) in [4.78, 5) is 9.29. The summed E-state index contributed by atoms with van der Waals surface area (Å²) < 4.78 is 51.9. The quantitative estimate of drug-likeness (QED) is 0.594. The van der Waals surface area contributed by atoms with E-state index in [2.05, 4.69) is 9.97 Å². The fourth-order valence-corrected chi connectivity index (χ4v) is 3.18. The lowest BCUT2D eigenvalue weighted by atomic mass is 10.2. The van der Waals surface area contributed by atoms with Crippen LogP contribution in [0.1, 0.15) is 45.1 Å². The summed E-state index contributed by atoms with van der Waals surface area (Å²) in [6.45, 7) is 4.66. The van der Waals surface area contributed by atoms with Gasteiger partial charge in [0.2, 0.25) is 0 Å². The van der Waals surface area contributed by atoms with Crippen molar-refractivity contribution in [3.63, 3.8) is 0 Å². The van der Waals surface area contributed by atoms with Gasteiger partial charge >= 0.3 is 12.2 Å². The third kappa shape index (κ3) is 5.52. The summed E-state index contributed by atoms with van der Waals surface area (Å²) >= 11 is 0. The standard InChI is InChI=1S/C21H26F3N3O2/c1-14(2)13-28-16-10-8-15(9-11-16)27(3)19-18(21(22,23)24)12-25-20(26-19)29-17-6-4-5-7-17/h8-12,14,17H,4-7,13H2,1-3H3. The molecule has 0 atom stereocenters. The maximum atomic E-state index is 13.5. The molecule has 1 heterocycles. The van der Waals surface area contributed by atoms with E-state index in [-0.39, 0.29) is 17.9 Å². The van der Waals surface area contributed by atoms with Crippen LogP contribution in [-0.4, -0.2) is 29.7 Å². The average Bonchev–Trinajstić information content (AvgIpc) is 3.18. The minimum atomic E-state index is -4.57. The summed E-state index contributed by atoms with van der Waals surface area (Å²) in [5.41, 5.74) is -0.350. The van der Waals surface area contributed by atoms with Gasteiger partial charge in [0.05, 0.1) is 6.61 Å². The third-order valence-corrected chi connectivity index (χ3v) is 4.75. The molecule has 5 nitrogen and oxygen atoms in total. The van der Waals surface area contributed by atoms with E-state index in [0.717, 1.165) is 31.9 Å². The number of hydrogen-bond acceptors (Lipinski definition) is 5. The first-order chi connectivity index (χ1) is 13.7. The van der Waals surface area contributed by atoms with Crippen LogP contribution in [-0.2, 0) is 6.18 Å². The van der Waals surface area contributed by atoms with Gasteiger partial charge in [-0.1, -0.05) is 13.8 Å². The topological polar surface area (TPSA) is 47.5 Å². The normalized spacial score (nSPS) is 15.0. The van der Waals surface area contributed by atoms with Crippen LogP contribution >= 0.6 is 0 Å². The lowest BCUT2D eigenvalue weighted by molar-refractivity contribution is -0.137. The number of benzene rings is 1. The number of ether oxygens (including phenoxy) is 2. The van der Waals surface area contributed by atoms with Crippen molar-refractivity contribution in [2.45, 2.75) is 51.8 Å². The number of alkyl halides is 3. The predicted molar refractivity (Wildman–Crippen MR) is 105 cm³/mol. The largest absolute Gasteiger partial charge is 0.493 e. The molecular weight excluding hydrogens is 383 g/mol. The van der Waals surface area contributed by atoms with Gasteiger partial charge in [0.15, 0.2) is 5.82 Å². The fraction of sp³-hybridized carbons (Fsp3) is 0.524. The maximum absolute atomic E-state index is 13.5. The Hall–Kier alpha value is -2.51. The van der Waals surface area contributed by atoms with Crippen molar-refractivity contribution in [1.82, 2.24) is 9.97 Å². The first-order valence-electron chi connectivity index (χ1n) is 9.81. The van der Waals surface area contributed by atoms with E-state index in [1.54, 1.807) is 31.3 Å². The number of hydrogen-bond donors (Lipinski definition) is 0. The highest BCUT2D eigenvalue weighted by Gasteiger charge is 2.37. The molecular formula is C21H26F3N3O2. The molecule has 0 radical (unpaired) electrons. The van der Waals surface area contributed by atoms with Crippen LogP contribution in [0, 0.1) is 5.92 Å². The Bertz CT molecular complexity index is 804. The number of nitrogens with zero attached hydrogens (tertiary/aromatic N) is 3. The zero-order chi connectivity index (χ0) is 21.0. The van der Waals surface area contributed by atoms with E-state index in [9.17, 15) is 13.2 Å². The molecule has 0 saturated heterocycles. The van der Waals surface area contributed by atoms with Gasteiger partial charge in [-0.05, 0) is 55.9 Å². The lowest BCUT2D eigenvalue weighted by Crippen LogP contribution is -2.20. The van der Waals surface area contributed by atoms with Crippen molar-refractivity contribution in [3.8, 4) is 11.8 Å². The molecule has 0 amide bonds. The van der Waals surface area contributed by atoms with Gasteiger partial charge in [-0.2, -0.15) is 18.2 Å². The smallest absolute Gasteiger partial charge is 0.421 e. The molecule has 3 rings (SSSR count). The molecule has 1 aliphatic carbocycles. The van der Waals surface area contributed by atoms with Crippen molar-refractivity contribution >= 4 is 11.5 Å². The summed E-state index contributed by atoms with van der Waals surface area (Å²) in [5.74, 6) is 0.808. The molecule has 1 aliphatic rings. The van der Waals surface area contributed by atoms with E-state index in [0.29, 0.717) is 24.0 Å². The van der Waals surface area contributed by atoms with Gasteiger partial charge in [0, 0.05) is 18.9 Å². The zero-order valence-corrected chi connectivity index (χ0v) is 16.9. The van der Waals surface area contributed by atoms with Gasteiger partial charge < -0.3 is 14.4 Å². The molecule has 0 N–H and O–H groups in total. The van der Waals surface area contributed by atoms with Crippen LogP contribution in [0.3, 0.4) is 0 Å². The third-order valence-electron chi connectivity index (χ3n) is 4.75. The summed E-state index contributed by atoms with van der Waals surface area (Å²) in [7, 11) is 1.54. The molecule has 1 fully saturated rings. The number of anilines is 2. The summed E-state index contributed by atoms with van der Waals surface area (Å²) in [6, 6.07) is 6.85. The number of rotatable bonds is 7. The summed E-state index contributed by atoms with van der Waals surface area (Å²) in [5, 5.41) is 0. The molecule has 1 aromatic carbocycles. The van der Waals surface area contributed by atoms with E-state index < -0.39 is 11.7 Å². The predicted octanol–water partition coefficient (Wildman–Crippen LogP) is 5.62. The van der Waals surface area contributed by atoms with Crippen LogP contribution in [0.15, 0.2) is 30.5 Å². The second-order valence-electron chi connectivity index (χ2n) is 7.67. The first kappa shape index (κ1) is 21.2. The van der Waals surface area contributed by atoms with Crippen LogP contribution in [0.5, 0.6) is 11.8 Å². The number of halogens is 3. The highest BCUT2D eigenvalue weighted by molar-refractivity contribution is 5.63. The van der Waals surface area contributed by atoms with Gasteiger partial charge in [-0.3, -0.25) is 0 Å². The molecule has 1 aromatic heterocycles. The minimum absolute atomic E-state index is 0.0244. The second-order valence-corrected chi connectivity index (χ2v) is 7.67. The molecule has 1 saturated carbocycles. The molecule has 29 heavy (non-hydrogen) atoms. The van der Waals surface area contributed by atoms with Crippen molar-refractivity contribution in [3.05, 3.63) is 36.0 Å². The Labute approximate surface area is 168 Å². The zero-order valence-electron chi connectivity index (χ0n) is 16.9. The van der Waals surface area contributed by atoms with E-state index in [1.165, 1.54) is 4.90 Å². The van der Waals surface area contributed by atoms with Crippen LogP contribution < -0.4 is 14.4 Å². The van der Waals surface area contributed by atoms with Crippen molar-refractivity contribution in [2.24, 2.45) is 5.92 Å². The highest BCUT2D eigenvalue weighted by Crippen LogP contribution is 2.38. The molecule has 158 valence electrons. The Morgan fingerprint density at radius 3 is 2.38 bits per heavy atom. The average molecular weight is 409 g/mol. The monoisotopic (exact) mass is 409 g/mol. The van der Waals surface area contributed by atoms with Crippen molar-refractivity contribution in [1.29, 1.82) is 0 Å². The van der Waals surface area contributed by atoms with Crippen LogP contribution in [0.2, 0.25) is 0 Å². The second kappa shape index (κ2) is 8.88. The van der Waals surface area contributed by atoms with Crippen molar-refractivity contribution in [2.75, 3.05) is 18.6 Å². The molecule has 0 unspecified atom stereocenters. The minimum Gasteiger partial charge on any atom is -0.493 e. The Morgan fingerprint density at radius 1 is 1.14 bits per heavy atom. The lowest BCUT2D eigenvalue weighted by Gasteiger charge is -2.23. The van der Waals surface area contributed by atoms with Crippen molar-refractivity contribution < 1.29 is 22.6 Å². The maximum Gasteiger partial charge on any atom is 0.421 e. The Morgan fingerprint density at radius 2 is 1.79 bits per heavy atom. The Kier molecular flexibility index (Phi) is 6.49. The molecule has 0 bridgehead atoms. The Balaban J connectivity index is 1.85. The van der Waals surface area contributed by atoms with Gasteiger partial charge in [0.25, 0.3) is 0 Å². The van der Waals surface area contributed by atoms with Gasteiger partial charge in [-0.15, -0.1) is 0 Å². The van der Waals surface area contributed by atoms with E-state index in [1.807, 2.05) is 13.8 Å². The number of aromatic nitrogens is 2. The SMILES string of the molecule is CC(C)COc1ccc(N(C)c2nc(OC3CCCC3)ncc2C(F)(F)F)cc1. The summed E-state index contributed by atoms with van der Waals surface area (Å²) in [6.07, 6.45) is 0.00846. The highest BCUT2D eigenvalue weighted by atomic mass is 19.4. The molecule has 2 aromatic rings. The van der Waals surface area contributed by atoms with E-state index in [4.69, 9.17) is 9.47 Å². The molecule has 0 spiro atoms. The van der Waals surface area contributed by atoms with Gasteiger partial charge in [-0.25, -0.2) is 4.98 Å². The molecule has 8 heteroatoms. The first-order valence-corrected chi connectivity index (χ1v) is 9.81. The van der Waals surface area contributed by atoms with Crippen LogP contribution in [0.4, 0.5) is 24.7 Å². The van der Waals surface area contributed by atoms with Gasteiger partial charge in [0.1, 0.15) is 17.4 Å². The van der Waals surface area contributed by atoms with E-state index >= 15 is 0 Å². The molecule has 0 aliphatic heterocycles. The van der Waals surface area contributed by atoms with Crippen LogP contribution in [0.25, 0.3) is 0 Å².